The fraction of sp³-hybridized carbons (Fsp3) is 0.692. The molecule has 1 unspecified atom stereocenters. The first-order chi connectivity index (χ1) is 14.1. The minimum absolute atomic E-state index is 0.460. The summed E-state index contributed by atoms with van der Waals surface area (Å²) in [6.45, 7) is 10.7. The summed E-state index contributed by atoms with van der Waals surface area (Å²) in [5.74, 6) is 0.951. The van der Waals surface area contributed by atoms with Crippen molar-refractivity contribution in [3.63, 3.8) is 0 Å². The number of unbranched alkanes of at least 4 members (excludes halogenated alkanes) is 3. The first-order valence-electron chi connectivity index (χ1n) is 12.2. The Morgan fingerprint density at radius 3 is 2.00 bits per heavy atom. The van der Waals surface area contributed by atoms with Gasteiger partial charge in [-0.1, -0.05) is 0 Å². The third-order valence-corrected chi connectivity index (χ3v) is 21.1. The van der Waals surface area contributed by atoms with Crippen LogP contribution < -0.4 is 4.74 Å². The summed E-state index contributed by atoms with van der Waals surface area (Å²) >= 11 is -2.25. The number of allylic oxidation sites excluding steroid dienone is 1. The standard InChI is InChI=1S/C14H18NO.3C4H9.Sn/c1-11-5-4-10-15(11)12(2)13-6-8-14(16-3)9-7-13;3*1-3-4-2;/h1,6-9,12H,4-5,10H2,2-3H3;3*1,3-4H2,2H3;. The molecule has 2 nitrogen and oxygen atoms in total. The number of hydrogen-bond acceptors (Lipinski definition) is 2. The molecule has 1 fully saturated rings. The predicted molar refractivity (Wildman–Crippen MR) is 130 cm³/mol. The van der Waals surface area contributed by atoms with Gasteiger partial charge in [0.25, 0.3) is 0 Å². The van der Waals surface area contributed by atoms with E-state index in [1.165, 1.54) is 63.5 Å². The van der Waals surface area contributed by atoms with Gasteiger partial charge in [0.1, 0.15) is 0 Å². The van der Waals surface area contributed by atoms with Gasteiger partial charge in [-0.15, -0.1) is 0 Å². The summed E-state index contributed by atoms with van der Waals surface area (Å²) in [6.07, 6.45) is 11.0. The van der Waals surface area contributed by atoms with Crippen molar-refractivity contribution < 1.29 is 4.74 Å². The zero-order valence-corrected chi connectivity index (χ0v) is 22.7. The molecule has 1 aliphatic rings. The van der Waals surface area contributed by atoms with Gasteiger partial charge in [-0.3, -0.25) is 0 Å². The molecule has 0 bridgehead atoms. The fourth-order valence-electron chi connectivity index (χ4n) is 4.91. The Bertz CT molecular complexity index is 588. The van der Waals surface area contributed by atoms with Crippen LogP contribution in [0.1, 0.15) is 90.7 Å². The van der Waals surface area contributed by atoms with Gasteiger partial charge < -0.3 is 0 Å². The van der Waals surface area contributed by atoms with E-state index in [1.807, 2.05) is 0 Å². The second-order valence-electron chi connectivity index (χ2n) is 9.05. The Morgan fingerprint density at radius 1 is 0.966 bits per heavy atom. The Balaban J connectivity index is 2.27. The Kier molecular flexibility index (Phi) is 11.0. The van der Waals surface area contributed by atoms with Crippen LogP contribution >= 0.6 is 0 Å². The first kappa shape index (κ1) is 24.6. The van der Waals surface area contributed by atoms with Crippen molar-refractivity contribution in [2.45, 2.75) is 98.4 Å². The molecular weight excluding hydrogens is 461 g/mol. The van der Waals surface area contributed by atoms with Gasteiger partial charge in [-0.05, 0) is 0 Å². The molecule has 1 atom stereocenters. The van der Waals surface area contributed by atoms with Crippen molar-refractivity contribution in [3.05, 3.63) is 39.6 Å². The first-order valence-corrected chi connectivity index (χ1v) is 19.9. The second-order valence-corrected chi connectivity index (χ2v) is 21.9. The molecule has 0 N–H and O–H groups in total. The SMILES string of the molecule is CCC[CH2][Sn](/[CH]=C1\CCCN1C(C)c1ccc(OC)cc1)([CH2]CCC)[CH2]CCC. The summed E-state index contributed by atoms with van der Waals surface area (Å²) < 4.78 is 13.0. The average Bonchev–Trinajstić information content (AvgIpc) is 3.22. The number of methoxy groups -OCH3 is 1. The number of ether oxygens (including phenoxy) is 1. The molecule has 1 aromatic carbocycles. The zero-order valence-electron chi connectivity index (χ0n) is 19.8. The van der Waals surface area contributed by atoms with Crippen LogP contribution in [0.5, 0.6) is 5.75 Å². The van der Waals surface area contributed by atoms with Crippen LogP contribution in [0.3, 0.4) is 0 Å². The van der Waals surface area contributed by atoms with E-state index in [9.17, 15) is 0 Å². The van der Waals surface area contributed by atoms with Gasteiger partial charge in [-0.25, -0.2) is 0 Å². The van der Waals surface area contributed by atoms with Crippen LogP contribution in [0, 0.1) is 0 Å². The van der Waals surface area contributed by atoms with Crippen molar-refractivity contribution in [2.75, 3.05) is 13.7 Å². The van der Waals surface area contributed by atoms with Crippen LogP contribution in [-0.4, -0.2) is 36.9 Å². The molecule has 2 rings (SSSR count). The van der Waals surface area contributed by atoms with Crippen molar-refractivity contribution in [1.82, 2.24) is 4.90 Å². The van der Waals surface area contributed by atoms with Crippen LogP contribution in [-0.2, 0) is 0 Å². The van der Waals surface area contributed by atoms with Crippen LogP contribution in [0.15, 0.2) is 34.1 Å². The van der Waals surface area contributed by atoms with E-state index in [0.29, 0.717) is 6.04 Å². The Morgan fingerprint density at radius 2 is 1.52 bits per heavy atom. The molecule has 164 valence electrons. The van der Waals surface area contributed by atoms with Crippen LogP contribution in [0.2, 0.25) is 13.3 Å². The van der Waals surface area contributed by atoms with E-state index in [-0.39, 0.29) is 0 Å². The third-order valence-electron chi connectivity index (χ3n) is 6.82. The zero-order chi connectivity index (χ0) is 21.1. The van der Waals surface area contributed by atoms with Crippen LogP contribution in [0.25, 0.3) is 0 Å². The van der Waals surface area contributed by atoms with E-state index in [2.05, 4.69) is 61.0 Å². The van der Waals surface area contributed by atoms with Gasteiger partial charge in [0, 0.05) is 0 Å². The molecule has 29 heavy (non-hydrogen) atoms. The maximum absolute atomic E-state index is 5.36. The average molecular weight is 506 g/mol. The van der Waals surface area contributed by atoms with E-state index in [0.717, 1.165) is 5.75 Å². The van der Waals surface area contributed by atoms with Crippen molar-refractivity contribution in [2.24, 2.45) is 0 Å². The molecule has 3 heteroatoms. The van der Waals surface area contributed by atoms with E-state index < -0.39 is 18.4 Å². The van der Waals surface area contributed by atoms with E-state index >= 15 is 0 Å². The topological polar surface area (TPSA) is 12.5 Å². The molecule has 1 aliphatic heterocycles. The monoisotopic (exact) mass is 507 g/mol. The molecule has 1 aromatic rings. The van der Waals surface area contributed by atoms with Crippen molar-refractivity contribution in [1.29, 1.82) is 0 Å². The van der Waals surface area contributed by atoms with Crippen molar-refractivity contribution in [3.8, 4) is 5.75 Å². The molecule has 0 spiro atoms. The van der Waals surface area contributed by atoms with Gasteiger partial charge >= 0.3 is 185 Å². The summed E-state index contributed by atoms with van der Waals surface area (Å²) in [4.78, 5) is 2.73. The van der Waals surface area contributed by atoms with Crippen LogP contribution in [0.4, 0.5) is 0 Å². The van der Waals surface area contributed by atoms with E-state index in [1.54, 1.807) is 26.1 Å². The quantitative estimate of drug-likeness (QED) is 0.251. The van der Waals surface area contributed by atoms with E-state index in [4.69, 9.17) is 4.74 Å². The molecule has 1 heterocycles. The summed E-state index contributed by atoms with van der Waals surface area (Å²) in [7, 11) is 1.75. The summed E-state index contributed by atoms with van der Waals surface area (Å²) in [5.41, 5.74) is 3.11. The van der Waals surface area contributed by atoms with Crippen molar-refractivity contribution >= 4 is 18.4 Å². The molecule has 1 saturated heterocycles. The number of rotatable bonds is 13. The maximum atomic E-state index is 5.36. The normalized spacial score (nSPS) is 17.1. The second kappa shape index (κ2) is 12.9. The molecule has 0 radical (unpaired) electrons. The minimum atomic E-state index is -2.25. The number of hydrogen-bond donors (Lipinski definition) is 0. The summed E-state index contributed by atoms with van der Waals surface area (Å²) in [5, 5.41) is 0. The number of nitrogens with zero attached hydrogens (tertiary/aromatic N) is 1. The molecule has 0 aromatic heterocycles. The van der Waals surface area contributed by atoms with Gasteiger partial charge in [0.15, 0.2) is 0 Å². The molecule has 0 aliphatic carbocycles. The predicted octanol–water partition coefficient (Wildman–Crippen LogP) is 8.12. The van der Waals surface area contributed by atoms with Gasteiger partial charge in [0.2, 0.25) is 0 Å². The Labute approximate surface area is 185 Å². The molecule has 0 saturated carbocycles. The third kappa shape index (κ3) is 7.22. The fourth-order valence-corrected chi connectivity index (χ4v) is 20.2. The van der Waals surface area contributed by atoms with Gasteiger partial charge in [0.05, 0.1) is 0 Å². The molecule has 0 amide bonds. The number of benzene rings is 1. The summed E-state index contributed by atoms with van der Waals surface area (Å²) in [6, 6.07) is 9.18. The Hall–Kier alpha value is -0.641. The van der Waals surface area contributed by atoms with Gasteiger partial charge in [-0.2, -0.15) is 0 Å². The molecular formula is C26H45NOSn. The number of likely N-dealkylation sites (tertiary alicyclic amines) is 1.